The molecule has 5 nitrogen and oxygen atoms in total. The third-order valence-corrected chi connectivity index (χ3v) is 1.80. The van der Waals surface area contributed by atoms with Gasteiger partial charge in [-0.05, 0) is 19.1 Å². The van der Waals surface area contributed by atoms with Gasteiger partial charge in [0.15, 0.2) is 5.05 Å². The highest BCUT2D eigenvalue weighted by Crippen LogP contribution is 1.93. The Labute approximate surface area is 85.1 Å². The molecule has 6 heteroatoms. The first-order chi connectivity index (χ1) is 6.63. The van der Waals surface area contributed by atoms with Crippen LogP contribution < -0.4 is 11.2 Å². The Bertz CT molecular complexity index is 435. The quantitative estimate of drug-likeness (QED) is 0.693. The van der Waals surface area contributed by atoms with Crippen LogP contribution in [0.2, 0.25) is 0 Å². The van der Waals surface area contributed by atoms with Crippen molar-refractivity contribution in [2.45, 2.75) is 13.3 Å². The van der Waals surface area contributed by atoms with Gasteiger partial charge >= 0.3 is 5.69 Å². The van der Waals surface area contributed by atoms with E-state index in [1.54, 1.807) is 0 Å². The van der Waals surface area contributed by atoms with Gasteiger partial charge in [-0.15, -0.1) is 0 Å². The summed E-state index contributed by atoms with van der Waals surface area (Å²) in [6.07, 6.45) is 1.57. The van der Waals surface area contributed by atoms with Gasteiger partial charge in [-0.25, -0.2) is 4.79 Å². The summed E-state index contributed by atoms with van der Waals surface area (Å²) in [6.45, 7) is 2.28. The number of ether oxygens (including phenoxy) is 1. The van der Waals surface area contributed by atoms with Crippen LogP contribution in [0.5, 0.6) is 0 Å². The Balaban J connectivity index is 2.82. The molecule has 1 rings (SSSR count). The molecule has 0 saturated heterocycles. The first-order valence-corrected chi connectivity index (χ1v) is 4.50. The number of aromatic amines is 2. The van der Waals surface area contributed by atoms with Crippen molar-refractivity contribution in [2.24, 2.45) is 0 Å². The topological polar surface area (TPSA) is 75.0 Å². The van der Waals surface area contributed by atoms with E-state index < -0.39 is 11.2 Å². The zero-order valence-electron chi connectivity index (χ0n) is 7.62. The van der Waals surface area contributed by atoms with Gasteiger partial charge in [0.25, 0.3) is 5.56 Å². The second-order valence-electron chi connectivity index (χ2n) is 2.58. The van der Waals surface area contributed by atoms with E-state index in [0.29, 0.717) is 17.2 Å². The van der Waals surface area contributed by atoms with E-state index in [1.165, 1.54) is 6.20 Å². The van der Waals surface area contributed by atoms with Gasteiger partial charge in [0.2, 0.25) is 0 Å². The zero-order chi connectivity index (χ0) is 10.6. The molecule has 0 aliphatic rings. The summed E-state index contributed by atoms with van der Waals surface area (Å²) in [5.74, 6) is 0. The van der Waals surface area contributed by atoms with E-state index in [-0.39, 0.29) is 6.42 Å². The number of hydrogen-bond donors (Lipinski definition) is 2. The highest BCUT2D eigenvalue weighted by molar-refractivity contribution is 7.80. The van der Waals surface area contributed by atoms with Crippen LogP contribution in [0, 0.1) is 0 Å². The lowest BCUT2D eigenvalue weighted by atomic mass is 10.2. The van der Waals surface area contributed by atoms with Crippen molar-refractivity contribution in [2.75, 3.05) is 6.61 Å². The maximum Gasteiger partial charge on any atom is 0.325 e. The number of aromatic nitrogens is 2. The van der Waals surface area contributed by atoms with Crippen molar-refractivity contribution >= 4 is 17.3 Å². The van der Waals surface area contributed by atoms with Crippen molar-refractivity contribution in [3.63, 3.8) is 0 Å². The average Bonchev–Trinajstić information content (AvgIpc) is 2.10. The zero-order valence-corrected chi connectivity index (χ0v) is 8.44. The van der Waals surface area contributed by atoms with Gasteiger partial charge in [0.1, 0.15) is 0 Å². The molecule has 0 saturated carbocycles. The lowest BCUT2D eigenvalue weighted by molar-refractivity contribution is 0.329. The van der Waals surface area contributed by atoms with E-state index in [0.717, 1.165) is 0 Å². The summed E-state index contributed by atoms with van der Waals surface area (Å²) in [5, 5.41) is 0.338. The van der Waals surface area contributed by atoms with Crippen LogP contribution in [0.15, 0.2) is 15.8 Å². The first-order valence-electron chi connectivity index (χ1n) is 4.10. The summed E-state index contributed by atoms with van der Waals surface area (Å²) < 4.78 is 5.02. The SMILES string of the molecule is CCOC(=S)Cc1c[nH]c(=O)[nH]c1=O. The monoisotopic (exact) mass is 214 g/mol. The van der Waals surface area contributed by atoms with Crippen LogP contribution in [-0.4, -0.2) is 21.6 Å². The van der Waals surface area contributed by atoms with Crippen molar-refractivity contribution in [3.8, 4) is 0 Å². The molecule has 0 amide bonds. The highest BCUT2D eigenvalue weighted by Gasteiger charge is 2.04. The summed E-state index contributed by atoms with van der Waals surface area (Å²) in [4.78, 5) is 26.3. The fraction of sp³-hybridized carbons (Fsp3) is 0.375. The standard InChI is InChI=1S/C8H10N2O3S/c1-2-13-6(14)3-5-4-9-8(12)10-7(5)11/h4H,2-3H2,1H3,(H2,9,10,11,12). The number of hydrogen-bond acceptors (Lipinski definition) is 4. The summed E-state index contributed by atoms with van der Waals surface area (Å²) in [5.41, 5.74) is -0.570. The van der Waals surface area contributed by atoms with Crippen molar-refractivity contribution in [1.82, 2.24) is 9.97 Å². The van der Waals surface area contributed by atoms with E-state index in [2.05, 4.69) is 9.97 Å². The number of thiocarbonyl (C=S) groups is 1. The maximum atomic E-state index is 11.2. The molecule has 0 aliphatic carbocycles. The summed E-state index contributed by atoms with van der Waals surface area (Å²) in [7, 11) is 0. The van der Waals surface area contributed by atoms with Gasteiger partial charge in [-0.3, -0.25) is 9.78 Å². The molecule has 1 heterocycles. The minimum Gasteiger partial charge on any atom is -0.487 e. The van der Waals surface area contributed by atoms with Crippen LogP contribution >= 0.6 is 12.2 Å². The second kappa shape index (κ2) is 4.71. The molecule has 14 heavy (non-hydrogen) atoms. The number of nitrogens with one attached hydrogen (secondary N) is 2. The molecule has 0 aliphatic heterocycles. The third kappa shape index (κ3) is 2.81. The molecule has 1 aromatic heterocycles. The minimum atomic E-state index is -0.527. The molecule has 0 bridgehead atoms. The lowest BCUT2D eigenvalue weighted by Crippen LogP contribution is -2.26. The summed E-state index contributed by atoms with van der Waals surface area (Å²) in [6, 6.07) is 0. The van der Waals surface area contributed by atoms with Crippen molar-refractivity contribution in [3.05, 3.63) is 32.6 Å². The van der Waals surface area contributed by atoms with Gasteiger partial charge in [-0.1, -0.05) is 0 Å². The molecular weight excluding hydrogens is 204 g/mol. The van der Waals surface area contributed by atoms with Gasteiger partial charge in [0, 0.05) is 18.2 Å². The van der Waals surface area contributed by atoms with E-state index in [4.69, 9.17) is 17.0 Å². The first kappa shape index (κ1) is 10.6. The predicted molar refractivity (Wildman–Crippen MR) is 55.6 cm³/mol. The maximum absolute atomic E-state index is 11.2. The highest BCUT2D eigenvalue weighted by atomic mass is 32.1. The van der Waals surface area contributed by atoms with Crippen LogP contribution in [0.25, 0.3) is 0 Å². The van der Waals surface area contributed by atoms with Crippen LogP contribution in [0.4, 0.5) is 0 Å². The molecule has 0 atom stereocenters. The largest absolute Gasteiger partial charge is 0.487 e. The lowest BCUT2D eigenvalue weighted by Gasteiger charge is -2.02. The van der Waals surface area contributed by atoms with Gasteiger partial charge in [0.05, 0.1) is 6.61 Å². The average molecular weight is 214 g/mol. The van der Waals surface area contributed by atoms with Crippen molar-refractivity contribution in [1.29, 1.82) is 0 Å². The Hall–Kier alpha value is -1.43. The fourth-order valence-corrected chi connectivity index (χ4v) is 1.21. The van der Waals surface area contributed by atoms with E-state index in [1.807, 2.05) is 6.92 Å². The predicted octanol–water partition coefficient (Wildman–Crippen LogP) is -0.0304. The molecular formula is C8H10N2O3S. The fourth-order valence-electron chi connectivity index (χ4n) is 0.937. The summed E-state index contributed by atoms with van der Waals surface area (Å²) >= 11 is 4.86. The smallest absolute Gasteiger partial charge is 0.325 e. The van der Waals surface area contributed by atoms with Gasteiger partial charge in [-0.2, -0.15) is 0 Å². The Kier molecular flexibility index (Phi) is 3.58. The molecule has 0 spiro atoms. The molecule has 2 N–H and O–H groups in total. The number of rotatable bonds is 3. The third-order valence-electron chi connectivity index (χ3n) is 1.54. The second-order valence-corrected chi connectivity index (χ2v) is 3.03. The van der Waals surface area contributed by atoms with Crippen molar-refractivity contribution < 1.29 is 4.74 Å². The van der Waals surface area contributed by atoms with E-state index in [9.17, 15) is 9.59 Å². The normalized spacial score (nSPS) is 9.79. The molecule has 0 aromatic carbocycles. The Morgan fingerprint density at radius 3 is 2.86 bits per heavy atom. The molecule has 76 valence electrons. The molecule has 1 aromatic rings. The molecule has 0 radical (unpaired) electrons. The minimum absolute atomic E-state index is 0.231. The number of H-pyrrole nitrogens is 2. The van der Waals surface area contributed by atoms with Crippen LogP contribution in [0.3, 0.4) is 0 Å². The molecule has 0 unspecified atom stereocenters. The van der Waals surface area contributed by atoms with E-state index >= 15 is 0 Å². The van der Waals surface area contributed by atoms with Crippen LogP contribution in [-0.2, 0) is 11.2 Å². The van der Waals surface area contributed by atoms with Gasteiger partial charge < -0.3 is 9.72 Å². The van der Waals surface area contributed by atoms with Crippen LogP contribution in [0.1, 0.15) is 12.5 Å². The Morgan fingerprint density at radius 1 is 1.57 bits per heavy atom. The molecule has 0 fully saturated rings. The Morgan fingerprint density at radius 2 is 2.29 bits per heavy atom.